The number of aromatic nitrogens is 1. The average molecular weight is 369 g/mol. The summed E-state index contributed by atoms with van der Waals surface area (Å²) in [5.74, 6) is -0.860. The van der Waals surface area contributed by atoms with Crippen LogP contribution in [0.15, 0.2) is 23.0 Å². The van der Waals surface area contributed by atoms with Gasteiger partial charge in [-0.1, -0.05) is 6.07 Å². The molecule has 3 atom stereocenters. The van der Waals surface area contributed by atoms with E-state index in [0.29, 0.717) is 30.2 Å². The number of carbonyl (C=O) groups is 1. The van der Waals surface area contributed by atoms with E-state index in [4.69, 9.17) is 10.5 Å². The van der Waals surface area contributed by atoms with E-state index >= 15 is 0 Å². The number of H-pyrrole nitrogens is 1. The first kappa shape index (κ1) is 16.3. The van der Waals surface area contributed by atoms with Gasteiger partial charge in [-0.15, -0.1) is 0 Å². The van der Waals surface area contributed by atoms with Gasteiger partial charge in [-0.05, 0) is 29.5 Å². The summed E-state index contributed by atoms with van der Waals surface area (Å²) in [4.78, 5) is 28.4. The van der Waals surface area contributed by atoms with Crippen molar-refractivity contribution in [1.29, 1.82) is 0 Å². The molecule has 2 aliphatic heterocycles. The van der Waals surface area contributed by atoms with Crippen LogP contribution in [0.3, 0.4) is 0 Å². The lowest BCUT2D eigenvalue weighted by Crippen LogP contribution is -2.28. The van der Waals surface area contributed by atoms with Gasteiger partial charge in [0.05, 0.1) is 18.9 Å². The number of carboxylic acid groups (broad SMARTS) is 1. The van der Waals surface area contributed by atoms with Gasteiger partial charge >= 0.3 is 5.97 Å². The summed E-state index contributed by atoms with van der Waals surface area (Å²) >= 11 is 0. The zero-order chi connectivity index (χ0) is 18.9. The molecule has 1 aliphatic carbocycles. The van der Waals surface area contributed by atoms with Gasteiger partial charge in [-0.25, -0.2) is 4.79 Å². The third kappa shape index (κ3) is 2.37. The SMILES string of the molecule is NC1[C@H]2CN(c3ccc4c(c3)COCc3c-4[nH]c(=O)c(C(=O)O)c3O)C[C@@H]12. The third-order valence-corrected chi connectivity index (χ3v) is 5.99. The summed E-state index contributed by atoms with van der Waals surface area (Å²) < 4.78 is 5.65. The van der Waals surface area contributed by atoms with Crippen LogP contribution in [0.1, 0.15) is 21.5 Å². The summed E-state index contributed by atoms with van der Waals surface area (Å²) in [6.45, 7) is 2.22. The maximum absolute atomic E-state index is 12.2. The molecule has 0 spiro atoms. The fraction of sp³-hybridized carbons (Fsp3) is 0.368. The molecule has 1 aromatic heterocycles. The van der Waals surface area contributed by atoms with Crippen LogP contribution in [0, 0.1) is 11.8 Å². The normalized spacial score (nSPS) is 25.4. The Morgan fingerprint density at radius 3 is 2.70 bits per heavy atom. The van der Waals surface area contributed by atoms with Crippen molar-refractivity contribution >= 4 is 11.7 Å². The lowest BCUT2D eigenvalue weighted by Gasteiger charge is -2.23. The van der Waals surface area contributed by atoms with E-state index in [1.54, 1.807) is 0 Å². The Bertz CT molecular complexity index is 1020. The monoisotopic (exact) mass is 369 g/mol. The van der Waals surface area contributed by atoms with Crippen LogP contribution in [-0.2, 0) is 18.0 Å². The predicted molar refractivity (Wildman–Crippen MR) is 96.8 cm³/mol. The molecule has 3 aliphatic rings. The molecule has 140 valence electrons. The number of pyridine rings is 1. The van der Waals surface area contributed by atoms with E-state index in [1.807, 2.05) is 18.2 Å². The fourth-order valence-electron chi connectivity index (χ4n) is 4.38. The highest BCUT2D eigenvalue weighted by Crippen LogP contribution is 2.46. The Hall–Kier alpha value is -2.84. The first-order valence-corrected chi connectivity index (χ1v) is 8.88. The van der Waals surface area contributed by atoms with Crippen molar-refractivity contribution in [3.63, 3.8) is 0 Å². The van der Waals surface area contributed by atoms with Crippen molar-refractivity contribution in [3.05, 3.63) is 45.2 Å². The first-order chi connectivity index (χ1) is 13.0. The fourth-order valence-corrected chi connectivity index (χ4v) is 4.38. The van der Waals surface area contributed by atoms with Crippen LogP contribution in [0.4, 0.5) is 5.69 Å². The molecule has 1 saturated heterocycles. The highest BCUT2D eigenvalue weighted by Gasteiger charge is 2.53. The van der Waals surface area contributed by atoms with Crippen molar-refractivity contribution in [3.8, 4) is 17.0 Å². The quantitative estimate of drug-likeness (QED) is 0.618. The topological polar surface area (TPSA) is 129 Å². The number of carboxylic acids is 1. The molecule has 1 unspecified atom stereocenters. The molecular weight excluding hydrogens is 350 g/mol. The van der Waals surface area contributed by atoms with Crippen molar-refractivity contribution in [2.75, 3.05) is 18.0 Å². The number of aromatic hydroxyl groups is 1. The molecule has 2 aromatic rings. The number of nitrogens with one attached hydrogen (secondary N) is 1. The number of rotatable bonds is 2. The molecule has 8 heteroatoms. The van der Waals surface area contributed by atoms with Crippen molar-refractivity contribution in [1.82, 2.24) is 4.98 Å². The van der Waals surface area contributed by atoms with Crippen molar-refractivity contribution in [2.24, 2.45) is 17.6 Å². The summed E-state index contributed by atoms with van der Waals surface area (Å²) in [7, 11) is 0. The smallest absolute Gasteiger partial charge is 0.345 e. The number of aromatic amines is 1. The van der Waals surface area contributed by atoms with E-state index in [-0.39, 0.29) is 12.2 Å². The second-order valence-corrected chi connectivity index (χ2v) is 7.48. The maximum Gasteiger partial charge on any atom is 0.345 e. The number of fused-ring (bicyclic) bond motifs is 4. The van der Waals surface area contributed by atoms with Crippen LogP contribution >= 0.6 is 0 Å². The number of aromatic carboxylic acids is 1. The molecule has 0 amide bonds. The van der Waals surface area contributed by atoms with E-state index in [2.05, 4.69) is 9.88 Å². The number of hydrogen-bond acceptors (Lipinski definition) is 6. The molecule has 2 fully saturated rings. The Morgan fingerprint density at radius 2 is 2.00 bits per heavy atom. The molecule has 5 N–H and O–H groups in total. The van der Waals surface area contributed by atoms with Crippen LogP contribution in [0.5, 0.6) is 5.75 Å². The number of ether oxygens (including phenoxy) is 1. The molecule has 5 rings (SSSR count). The second-order valence-electron chi connectivity index (χ2n) is 7.48. The Balaban J connectivity index is 1.57. The maximum atomic E-state index is 12.2. The van der Waals surface area contributed by atoms with Gasteiger partial charge < -0.3 is 30.6 Å². The Morgan fingerprint density at radius 1 is 1.26 bits per heavy atom. The molecule has 3 heterocycles. The highest BCUT2D eigenvalue weighted by molar-refractivity contribution is 5.92. The average Bonchev–Trinajstić information content (AvgIpc) is 3.06. The lowest BCUT2D eigenvalue weighted by molar-refractivity contribution is 0.0690. The van der Waals surface area contributed by atoms with Crippen molar-refractivity contribution < 1.29 is 19.7 Å². The summed E-state index contributed by atoms with van der Waals surface area (Å²) in [5.41, 5.74) is 7.91. The number of nitrogens with zero attached hydrogens (tertiary/aromatic N) is 1. The van der Waals surface area contributed by atoms with Crippen LogP contribution in [0.25, 0.3) is 11.3 Å². The van der Waals surface area contributed by atoms with Gasteiger partial charge in [0.15, 0.2) is 5.56 Å². The minimum absolute atomic E-state index is 0.0188. The van der Waals surface area contributed by atoms with Crippen LogP contribution in [0.2, 0.25) is 0 Å². The molecule has 1 aromatic carbocycles. The number of anilines is 1. The highest BCUT2D eigenvalue weighted by atomic mass is 16.5. The molecule has 0 bridgehead atoms. The standard InChI is InChI=1S/C19H19N3O5/c20-15-11-4-22(5-12(11)15)9-1-2-10-8(3-9)6-27-7-13-16(10)21-18(24)14(17(13)23)19(25)26/h1-3,11-12,15H,4-7,20H2,(H,25,26)(H2,21,23,24)/t11-,12+,15?. The molecule has 27 heavy (non-hydrogen) atoms. The largest absolute Gasteiger partial charge is 0.506 e. The van der Waals surface area contributed by atoms with Gasteiger partial charge in [0, 0.05) is 35.9 Å². The van der Waals surface area contributed by atoms with Gasteiger partial charge in [0.25, 0.3) is 5.56 Å². The lowest BCUT2D eigenvalue weighted by atomic mass is 9.99. The molecule has 0 radical (unpaired) electrons. The molecule has 1 saturated carbocycles. The van der Waals surface area contributed by atoms with Crippen LogP contribution < -0.4 is 16.2 Å². The number of nitrogens with two attached hydrogens (primary N) is 1. The summed E-state index contributed by atoms with van der Waals surface area (Å²) in [5, 5.41) is 19.5. The van der Waals surface area contributed by atoms with E-state index in [1.165, 1.54) is 0 Å². The number of hydrogen-bond donors (Lipinski definition) is 4. The number of piperidine rings is 1. The van der Waals surface area contributed by atoms with E-state index < -0.39 is 22.8 Å². The van der Waals surface area contributed by atoms with E-state index in [0.717, 1.165) is 29.9 Å². The molecule has 8 nitrogen and oxygen atoms in total. The minimum Gasteiger partial charge on any atom is -0.506 e. The Labute approximate surface area is 154 Å². The van der Waals surface area contributed by atoms with Gasteiger partial charge in [-0.3, -0.25) is 4.79 Å². The first-order valence-electron chi connectivity index (χ1n) is 8.88. The van der Waals surface area contributed by atoms with Gasteiger partial charge in [0.2, 0.25) is 0 Å². The zero-order valence-corrected chi connectivity index (χ0v) is 14.4. The molecular formula is C19H19N3O5. The van der Waals surface area contributed by atoms with Crippen LogP contribution in [-0.4, -0.2) is 40.3 Å². The number of benzene rings is 1. The minimum atomic E-state index is -1.47. The van der Waals surface area contributed by atoms with Crippen molar-refractivity contribution in [2.45, 2.75) is 19.3 Å². The van der Waals surface area contributed by atoms with E-state index in [9.17, 15) is 19.8 Å². The second kappa shape index (κ2) is 5.58. The summed E-state index contributed by atoms with van der Waals surface area (Å²) in [6.07, 6.45) is 0. The van der Waals surface area contributed by atoms with Gasteiger partial charge in [0.1, 0.15) is 5.75 Å². The predicted octanol–water partition coefficient (Wildman–Crippen LogP) is 0.869. The van der Waals surface area contributed by atoms with Gasteiger partial charge in [-0.2, -0.15) is 0 Å². The summed E-state index contributed by atoms with van der Waals surface area (Å²) in [6, 6.07) is 6.22. The zero-order valence-electron chi connectivity index (χ0n) is 14.4. The Kier molecular flexibility index (Phi) is 3.38. The third-order valence-electron chi connectivity index (χ3n) is 5.99.